The molecule has 314 valence electrons. The maximum atomic E-state index is 9.26. The van der Waals surface area contributed by atoms with Crippen molar-refractivity contribution in [1.29, 1.82) is 0 Å². The summed E-state index contributed by atoms with van der Waals surface area (Å²) in [5.74, 6) is 0. The van der Waals surface area contributed by atoms with Gasteiger partial charge < -0.3 is 14.7 Å². The molecule has 0 saturated heterocycles. The summed E-state index contributed by atoms with van der Waals surface area (Å²) in [6, 6.07) is 34.9. The van der Waals surface area contributed by atoms with Crippen molar-refractivity contribution in [2.75, 3.05) is 14.7 Å². The first-order chi connectivity index (χ1) is 34.8. The van der Waals surface area contributed by atoms with Crippen molar-refractivity contribution in [3.8, 4) is 11.1 Å². The highest BCUT2D eigenvalue weighted by atomic mass is 15.2. The Hall–Kier alpha value is -6.78. The molecule has 8 aromatic carbocycles. The van der Waals surface area contributed by atoms with Crippen LogP contribution in [-0.2, 0) is 16.2 Å². The van der Waals surface area contributed by atoms with Crippen LogP contribution in [0, 0.1) is 6.92 Å². The van der Waals surface area contributed by atoms with E-state index in [2.05, 4.69) is 169 Å². The zero-order valence-electron chi connectivity index (χ0n) is 47.9. The fourth-order valence-corrected chi connectivity index (χ4v) is 10.3. The van der Waals surface area contributed by atoms with E-state index in [9.17, 15) is 5.48 Å². The third-order valence-electron chi connectivity index (χ3n) is 13.6. The third-order valence-corrected chi connectivity index (χ3v) is 13.6. The fraction of sp³-hybridized carbons (Fsp3) is 0.200. The van der Waals surface area contributed by atoms with Crippen LogP contribution in [0.15, 0.2) is 176 Å². The average Bonchev–Trinajstić information content (AvgIpc) is 3.62. The molecule has 0 aromatic heterocycles. The molecule has 3 aliphatic rings. The summed E-state index contributed by atoms with van der Waals surface area (Å²) in [6.45, 7) is 19.6. The number of aryl methyl sites for hydroxylation is 1. The van der Waals surface area contributed by atoms with Crippen LogP contribution in [0.2, 0.25) is 0 Å². The second kappa shape index (κ2) is 14.4. The summed E-state index contributed by atoms with van der Waals surface area (Å²) >= 11 is 0. The summed E-state index contributed by atoms with van der Waals surface area (Å²) in [7, 11) is 0. The Balaban J connectivity index is 1.23. The molecule has 0 atom stereocenters. The first kappa shape index (κ1) is 30.3. The Morgan fingerprint density at radius 2 is 1.08 bits per heavy atom. The lowest BCUT2D eigenvalue weighted by Gasteiger charge is -2.45. The van der Waals surface area contributed by atoms with Crippen LogP contribution in [0.4, 0.5) is 51.2 Å². The van der Waals surface area contributed by atoms with Crippen molar-refractivity contribution in [3.63, 3.8) is 0 Å². The molecular formula is C60H56BN3. The van der Waals surface area contributed by atoms with Gasteiger partial charge in [0.1, 0.15) is 0 Å². The zero-order valence-corrected chi connectivity index (χ0v) is 37.9. The van der Waals surface area contributed by atoms with E-state index in [0.717, 1.165) is 61.5 Å². The quantitative estimate of drug-likeness (QED) is 0.160. The normalized spacial score (nSPS) is 16.5. The predicted octanol–water partition coefficient (Wildman–Crippen LogP) is 14.4. The lowest BCUT2D eigenvalue weighted by molar-refractivity contribution is 0.590. The summed E-state index contributed by atoms with van der Waals surface area (Å²) in [5, 5.41) is 0. The molecule has 4 heteroatoms. The summed E-state index contributed by atoms with van der Waals surface area (Å²) in [6.07, 6.45) is 0. The lowest BCUT2D eigenvalue weighted by atomic mass is 9.33. The standard InChI is InChI=1S/C60H56BN3/c1-39-34-55-57-56(35-39)64(45-29-31-48-47-22-16-17-23-49(47)60(8,9)50(48)37-45)53-33-26-41(59(5,6)7)36-52(53)61(57)51-32-30-46(62(42-18-12-10-13-19-42)43-20-14-11-15-21-43)38-54(51)63(55)44-27-24-40(25-28-44)58(2,3)4/h10-38H,1-9H3/i10D,11D,12D,13D,14D,15D,18D,19D,20D,21D. The van der Waals surface area contributed by atoms with Crippen molar-refractivity contribution >= 4 is 74.3 Å². The molecule has 0 radical (unpaired) electrons. The van der Waals surface area contributed by atoms with Gasteiger partial charge in [0, 0.05) is 56.6 Å². The van der Waals surface area contributed by atoms with Crippen LogP contribution in [0.25, 0.3) is 11.1 Å². The van der Waals surface area contributed by atoms with Gasteiger partial charge in [-0.2, -0.15) is 0 Å². The highest BCUT2D eigenvalue weighted by Crippen LogP contribution is 2.52. The molecule has 0 bridgehead atoms. The van der Waals surface area contributed by atoms with E-state index in [1.165, 1.54) is 27.2 Å². The van der Waals surface area contributed by atoms with Gasteiger partial charge in [-0.05, 0) is 152 Å². The molecule has 0 saturated carbocycles. The van der Waals surface area contributed by atoms with Gasteiger partial charge in [-0.3, -0.25) is 0 Å². The number of para-hydroxylation sites is 2. The van der Waals surface area contributed by atoms with Gasteiger partial charge in [0.15, 0.2) is 0 Å². The van der Waals surface area contributed by atoms with E-state index in [0.29, 0.717) is 5.69 Å². The van der Waals surface area contributed by atoms with Crippen molar-refractivity contribution in [2.24, 2.45) is 0 Å². The molecule has 0 N–H and O–H groups in total. The number of benzene rings is 8. The minimum absolute atomic E-state index is 0.145. The van der Waals surface area contributed by atoms with Gasteiger partial charge in [-0.1, -0.05) is 152 Å². The molecule has 0 spiro atoms. The molecule has 11 rings (SSSR count). The molecule has 1 aliphatic carbocycles. The van der Waals surface area contributed by atoms with Gasteiger partial charge >= 0.3 is 0 Å². The minimum Gasteiger partial charge on any atom is -0.311 e. The molecule has 8 aromatic rings. The van der Waals surface area contributed by atoms with Crippen molar-refractivity contribution in [3.05, 3.63) is 204 Å². The Kier molecular flexibility index (Phi) is 6.81. The molecule has 0 fully saturated rings. The fourth-order valence-electron chi connectivity index (χ4n) is 10.3. The largest absolute Gasteiger partial charge is 0.311 e. The Bertz CT molecular complexity index is 3600. The number of anilines is 9. The van der Waals surface area contributed by atoms with E-state index in [1.807, 2.05) is 12.1 Å². The summed E-state index contributed by atoms with van der Waals surface area (Å²) in [5.41, 5.74) is 16.0. The van der Waals surface area contributed by atoms with Crippen LogP contribution >= 0.6 is 0 Å². The van der Waals surface area contributed by atoms with Crippen LogP contribution < -0.4 is 31.1 Å². The van der Waals surface area contributed by atoms with Gasteiger partial charge in [0.2, 0.25) is 0 Å². The van der Waals surface area contributed by atoms with Crippen molar-refractivity contribution in [1.82, 2.24) is 0 Å². The second-order valence-corrected chi connectivity index (χ2v) is 20.1. The SMILES string of the molecule is [2H]c1c([2H])c([2H])c(N(c2ccc3c(c2)N(c2ccc(C(C)(C)C)cc2)c2cc(C)cc4c2B3c2cc(C(C)(C)C)ccc2N4c2ccc3c(c2)C(C)(C)c2ccccc2-3)c2c([2H])c([2H])c([2H])c([2H])c2[2H])c([2H])c1[2H]. The predicted molar refractivity (Wildman–Crippen MR) is 275 cm³/mol. The zero-order chi connectivity index (χ0) is 53.0. The van der Waals surface area contributed by atoms with Crippen LogP contribution in [-0.4, -0.2) is 6.71 Å². The van der Waals surface area contributed by atoms with Crippen molar-refractivity contribution < 1.29 is 13.7 Å². The highest BCUT2D eigenvalue weighted by Gasteiger charge is 2.45. The topological polar surface area (TPSA) is 9.72 Å². The Morgan fingerprint density at radius 1 is 0.500 bits per heavy atom. The number of rotatable bonds is 5. The maximum Gasteiger partial charge on any atom is 0.252 e. The number of hydrogen-bond donors (Lipinski definition) is 0. The number of hydrogen-bond acceptors (Lipinski definition) is 3. The molecule has 2 heterocycles. The van der Waals surface area contributed by atoms with Crippen LogP contribution in [0.1, 0.15) is 96.9 Å². The number of nitrogens with zero attached hydrogens (tertiary/aromatic N) is 3. The van der Waals surface area contributed by atoms with E-state index < -0.39 is 60.4 Å². The molecule has 64 heavy (non-hydrogen) atoms. The van der Waals surface area contributed by atoms with Gasteiger partial charge in [0.25, 0.3) is 6.71 Å². The summed E-state index contributed by atoms with van der Waals surface area (Å²) in [4.78, 5) is 5.89. The highest BCUT2D eigenvalue weighted by molar-refractivity contribution is 7.00. The molecule has 0 amide bonds. The average molecular weight is 840 g/mol. The van der Waals surface area contributed by atoms with Crippen LogP contribution in [0.5, 0.6) is 0 Å². The molecule has 2 aliphatic heterocycles. The maximum absolute atomic E-state index is 9.26. The van der Waals surface area contributed by atoms with E-state index in [4.69, 9.17) is 8.22 Å². The van der Waals surface area contributed by atoms with E-state index >= 15 is 0 Å². The van der Waals surface area contributed by atoms with Crippen molar-refractivity contribution in [2.45, 2.75) is 78.6 Å². The van der Waals surface area contributed by atoms with E-state index in [-0.39, 0.29) is 40.0 Å². The minimum atomic E-state index is -0.622. The smallest absolute Gasteiger partial charge is 0.252 e. The van der Waals surface area contributed by atoms with Gasteiger partial charge in [0.05, 0.1) is 13.7 Å². The first-order valence-corrected chi connectivity index (χ1v) is 22.1. The molecular weight excluding hydrogens is 773 g/mol. The third kappa shape index (κ3) is 6.25. The first-order valence-electron chi connectivity index (χ1n) is 27.1. The number of fused-ring (bicyclic) bond motifs is 7. The Labute approximate surface area is 394 Å². The van der Waals surface area contributed by atoms with E-state index in [1.54, 1.807) is 6.07 Å². The van der Waals surface area contributed by atoms with Gasteiger partial charge in [-0.15, -0.1) is 0 Å². The molecule has 0 unspecified atom stereocenters. The molecule has 3 nitrogen and oxygen atoms in total. The second-order valence-electron chi connectivity index (χ2n) is 20.1. The monoisotopic (exact) mass is 840 g/mol. The Morgan fingerprint density at radius 3 is 1.72 bits per heavy atom. The van der Waals surface area contributed by atoms with Crippen LogP contribution in [0.3, 0.4) is 0 Å². The summed E-state index contributed by atoms with van der Waals surface area (Å²) < 4.78 is 89.1. The lowest BCUT2D eigenvalue weighted by Crippen LogP contribution is -2.61. The van der Waals surface area contributed by atoms with Gasteiger partial charge in [-0.25, -0.2) is 0 Å².